The number of rotatable bonds is 8. The van der Waals surface area contributed by atoms with Crippen LogP contribution < -0.4 is 14.4 Å². The lowest BCUT2D eigenvalue weighted by atomic mass is 10.2. The number of amides is 1. The predicted octanol–water partition coefficient (Wildman–Crippen LogP) is 5.59. The molecule has 3 rings (SSSR count). The number of carbonyl (C=O) groups excluding carboxylic acids is 1. The van der Waals surface area contributed by atoms with Crippen molar-refractivity contribution < 1.29 is 31.1 Å². The predicted molar refractivity (Wildman–Crippen MR) is 124 cm³/mol. The van der Waals surface area contributed by atoms with Crippen molar-refractivity contribution in [3.8, 4) is 5.75 Å². The Morgan fingerprint density at radius 3 is 2.26 bits per heavy atom. The van der Waals surface area contributed by atoms with Gasteiger partial charge in [-0.2, -0.15) is 13.2 Å². The molecule has 1 N–H and O–H groups in total. The van der Waals surface area contributed by atoms with Gasteiger partial charge in [-0.3, -0.25) is 9.10 Å². The highest BCUT2D eigenvalue weighted by molar-refractivity contribution is 7.92. The minimum atomic E-state index is -4.64. The van der Waals surface area contributed by atoms with Crippen molar-refractivity contribution in [1.82, 2.24) is 0 Å². The normalized spacial score (nSPS) is 11.7. The summed E-state index contributed by atoms with van der Waals surface area (Å²) in [7, 11) is -4.21. The fourth-order valence-electron chi connectivity index (χ4n) is 3.03. The van der Waals surface area contributed by atoms with Gasteiger partial charge in [0.05, 0.1) is 33.5 Å². The quantitative estimate of drug-likeness (QED) is 0.427. The molecule has 0 spiro atoms. The third kappa shape index (κ3) is 6.00. The molecule has 0 atom stereocenters. The molecule has 0 saturated heterocycles. The summed E-state index contributed by atoms with van der Waals surface area (Å²) in [5.41, 5.74) is -1.09. The summed E-state index contributed by atoms with van der Waals surface area (Å²) in [6.45, 7) is 1.49. The fraction of sp³-hybridized carbons (Fsp3) is 0.174. The standard InChI is InChI=1S/C23H20ClF3N2O4S/c1-2-33-18-9-11-19(12-10-18)34(31,32)29(17-6-4-3-5-7-17)15-22(30)28-21-14-16(23(25,26)27)8-13-20(21)24/h3-14H,2,15H2,1H3,(H,28,30). The van der Waals surface area contributed by atoms with E-state index in [1.165, 1.54) is 36.4 Å². The van der Waals surface area contributed by atoms with Gasteiger partial charge in [-0.1, -0.05) is 29.8 Å². The number of alkyl halides is 3. The molecule has 0 aromatic heterocycles. The van der Waals surface area contributed by atoms with E-state index in [4.69, 9.17) is 16.3 Å². The van der Waals surface area contributed by atoms with Crippen LogP contribution in [0.15, 0.2) is 77.7 Å². The number of para-hydroxylation sites is 1. The Hall–Kier alpha value is -3.24. The lowest BCUT2D eigenvalue weighted by Gasteiger charge is -2.24. The van der Waals surface area contributed by atoms with Crippen LogP contribution in [0.2, 0.25) is 5.02 Å². The third-order valence-corrected chi connectivity index (χ3v) is 6.74. The lowest BCUT2D eigenvalue weighted by molar-refractivity contribution is -0.137. The van der Waals surface area contributed by atoms with Crippen LogP contribution in [-0.4, -0.2) is 27.5 Å². The van der Waals surface area contributed by atoms with E-state index in [2.05, 4.69) is 5.32 Å². The maximum atomic E-state index is 13.4. The van der Waals surface area contributed by atoms with Gasteiger partial charge in [0.2, 0.25) is 5.91 Å². The molecule has 3 aromatic carbocycles. The second kappa shape index (κ2) is 10.4. The first-order chi connectivity index (χ1) is 16.0. The molecule has 0 aliphatic heterocycles. The van der Waals surface area contributed by atoms with E-state index in [9.17, 15) is 26.4 Å². The monoisotopic (exact) mass is 512 g/mol. The number of carbonyl (C=O) groups is 1. The molecule has 0 fully saturated rings. The second-order valence-corrected chi connectivity index (χ2v) is 9.26. The molecule has 3 aromatic rings. The van der Waals surface area contributed by atoms with E-state index in [1.54, 1.807) is 25.1 Å². The number of hydrogen-bond acceptors (Lipinski definition) is 4. The van der Waals surface area contributed by atoms with Crippen LogP contribution in [0.4, 0.5) is 24.5 Å². The zero-order valence-electron chi connectivity index (χ0n) is 17.8. The molecule has 1 amide bonds. The number of halogens is 4. The first kappa shape index (κ1) is 25.4. The smallest absolute Gasteiger partial charge is 0.416 e. The fourth-order valence-corrected chi connectivity index (χ4v) is 4.61. The number of hydrogen-bond donors (Lipinski definition) is 1. The zero-order chi connectivity index (χ0) is 24.9. The van der Waals surface area contributed by atoms with Gasteiger partial charge in [-0.05, 0) is 61.5 Å². The van der Waals surface area contributed by atoms with Crippen molar-refractivity contribution in [3.05, 3.63) is 83.4 Å². The molecule has 0 aliphatic rings. The van der Waals surface area contributed by atoms with Crippen molar-refractivity contribution in [3.63, 3.8) is 0 Å². The second-order valence-electron chi connectivity index (χ2n) is 6.99. The SMILES string of the molecule is CCOc1ccc(S(=O)(=O)N(CC(=O)Nc2cc(C(F)(F)F)ccc2Cl)c2ccccc2)cc1. The van der Waals surface area contributed by atoms with Gasteiger partial charge in [0.15, 0.2) is 0 Å². The van der Waals surface area contributed by atoms with Crippen LogP contribution in [0.25, 0.3) is 0 Å². The number of benzene rings is 3. The van der Waals surface area contributed by atoms with Crippen molar-refractivity contribution >= 4 is 38.9 Å². The van der Waals surface area contributed by atoms with Crippen LogP contribution >= 0.6 is 11.6 Å². The van der Waals surface area contributed by atoms with Crippen molar-refractivity contribution in [1.29, 1.82) is 0 Å². The molecule has 180 valence electrons. The molecule has 0 radical (unpaired) electrons. The Kier molecular flexibility index (Phi) is 7.73. The van der Waals surface area contributed by atoms with E-state index < -0.39 is 34.2 Å². The number of anilines is 2. The van der Waals surface area contributed by atoms with Crippen LogP contribution in [-0.2, 0) is 21.0 Å². The van der Waals surface area contributed by atoms with Crippen molar-refractivity contribution in [2.75, 3.05) is 22.8 Å². The first-order valence-corrected chi connectivity index (χ1v) is 11.8. The minimum absolute atomic E-state index is 0.0929. The third-order valence-electron chi connectivity index (χ3n) is 4.62. The molecule has 0 heterocycles. The average Bonchev–Trinajstić information content (AvgIpc) is 2.79. The molecular formula is C23H20ClF3N2O4S. The van der Waals surface area contributed by atoms with Gasteiger partial charge in [0, 0.05) is 0 Å². The van der Waals surface area contributed by atoms with Crippen molar-refractivity contribution in [2.24, 2.45) is 0 Å². The number of ether oxygens (including phenoxy) is 1. The maximum Gasteiger partial charge on any atom is 0.416 e. The summed E-state index contributed by atoms with van der Waals surface area (Å²) < 4.78 is 72.0. The van der Waals surface area contributed by atoms with Gasteiger partial charge in [0.1, 0.15) is 12.3 Å². The Morgan fingerprint density at radius 1 is 1.03 bits per heavy atom. The summed E-state index contributed by atoms with van der Waals surface area (Å²) in [5, 5.41) is 2.15. The Labute approximate surface area is 200 Å². The number of nitrogens with zero attached hydrogens (tertiary/aromatic N) is 1. The Balaban J connectivity index is 1.91. The van der Waals surface area contributed by atoms with Crippen LogP contribution in [0.1, 0.15) is 12.5 Å². The van der Waals surface area contributed by atoms with Gasteiger partial charge in [0.25, 0.3) is 10.0 Å². The van der Waals surface area contributed by atoms with E-state index in [0.717, 1.165) is 16.4 Å². The largest absolute Gasteiger partial charge is 0.494 e. The van der Waals surface area contributed by atoms with E-state index in [0.29, 0.717) is 18.4 Å². The highest BCUT2D eigenvalue weighted by atomic mass is 35.5. The molecule has 6 nitrogen and oxygen atoms in total. The number of sulfonamides is 1. The summed E-state index contributed by atoms with van der Waals surface area (Å²) in [6.07, 6.45) is -4.64. The van der Waals surface area contributed by atoms with Crippen LogP contribution in [0, 0.1) is 0 Å². The van der Waals surface area contributed by atoms with Gasteiger partial charge in [-0.15, -0.1) is 0 Å². The Morgan fingerprint density at radius 2 is 1.68 bits per heavy atom. The minimum Gasteiger partial charge on any atom is -0.494 e. The van der Waals surface area contributed by atoms with E-state index in [1.807, 2.05) is 0 Å². The topological polar surface area (TPSA) is 75.7 Å². The van der Waals surface area contributed by atoms with Gasteiger partial charge < -0.3 is 10.1 Å². The molecule has 11 heteroatoms. The average molecular weight is 513 g/mol. The highest BCUT2D eigenvalue weighted by Crippen LogP contribution is 2.34. The molecule has 0 bridgehead atoms. The molecule has 0 saturated carbocycles. The van der Waals surface area contributed by atoms with Crippen LogP contribution in [0.3, 0.4) is 0 Å². The summed E-state index contributed by atoms with van der Waals surface area (Å²) >= 11 is 5.94. The Bertz CT molecular complexity index is 1250. The molecule has 0 unspecified atom stereocenters. The molecule has 34 heavy (non-hydrogen) atoms. The maximum absolute atomic E-state index is 13.4. The highest BCUT2D eigenvalue weighted by Gasteiger charge is 2.32. The van der Waals surface area contributed by atoms with Crippen molar-refractivity contribution in [2.45, 2.75) is 18.0 Å². The number of nitrogens with one attached hydrogen (secondary N) is 1. The zero-order valence-corrected chi connectivity index (χ0v) is 19.4. The summed E-state index contributed by atoms with van der Waals surface area (Å²) in [5.74, 6) is -0.399. The molecular weight excluding hydrogens is 493 g/mol. The molecule has 0 aliphatic carbocycles. The van der Waals surface area contributed by atoms with Crippen LogP contribution in [0.5, 0.6) is 5.75 Å². The van der Waals surface area contributed by atoms with Gasteiger partial charge >= 0.3 is 6.18 Å². The van der Waals surface area contributed by atoms with Gasteiger partial charge in [-0.25, -0.2) is 8.42 Å². The lowest BCUT2D eigenvalue weighted by Crippen LogP contribution is -2.38. The first-order valence-electron chi connectivity index (χ1n) is 9.99. The summed E-state index contributed by atoms with van der Waals surface area (Å²) in [6, 6.07) is 16.0. The van der Waals surface area contributed by atoms with E-state index in [-0.39, 0.29) is 21.3 Å². The summed E-state index contributed by atoms with van der Waals surface area (Å²) in [4.78, 5) is 12.7. The van der Waals surface area contributed by atoms with E-state index >= 15 is 0 Å².